The fourth-order valence-electron chi connectivity index (χ4n) is 2.57. The first-order chi connectivity index (χ1) is 10.8. The Bertz CT molecular complexity index is 378. The van der Waals surface area contributed by atoms with Crippen molar-refractivity contribution in [3.63, 3.8) is 0 Å². The predicted molar refractivity (Wildman–Crippen MR) is 68.6 cm³/mol. The normalized spacial score (nSPS) is 51.7. The van der Waals surface area contributed by atoms with Gasteiger partial charge < -0.3 is 55.1 Å². The van der Waals surface area contributed by atoms with Crippen LogP contribution in [-0.4, -0.2) is 115 Å². The first-order valence-electron chi connectivity index (χ1n) is 7.08. The highest BCUT2D eigenvalue weighted by Crippen LogP contribution is 2.28. The van der Waals surface area contributed by atoms with Gasteiger partial charge >= 0.3 is 0 Å². The summed E-state index contributed by atoms with van der Waals surface area (Å²) < 4.78 is 15.3. The molecular formula is C12H22O11. The second-order valence-electron chi connectivity index (χ2n) is 5.53. The highest BCUT2D eigenvalue weighted by atomic mass is 16.7. The minimum atomic E-state index is -1.74. The molecule has 11 nitrogen and oxygen atoms in total. The van der Waals surface area contributed by atoms with Crippen LogP contribution in [0.4, 0.5) is 0 Å². The van der Waals surface area contributed by atoms with Crippen molar-refractivity contribution in [2.45, 2.75) is 61.4 Å². The summed E-state index contributed by atoms with van der Waals surface area (Å²) in [4.78, 5) is 0. The van der Waals surface area contributed by atoms with Crippen molar-refractivity contribution in [1.82, 2.24) is 0 Å². The Hall–Kier alpha value is -0.440. The molecule has 8 N–H and O–H groups in total. The topological polar surface area (TPSA) is 190 Å². The molecule has 0 amide bonds. The van der Waals surface area contributed by atoms with Crippen molar-refractivity contribution in [3.05, 3.63) is 0 Å². The molecule has 2 aliphatic heterocycles. The van der Waals surface area contributed by atoms with E-state index in [1.807, 2.05) is 0 Å². The maximum atomic E-state index is 9.94. The molecule has 0 aromatic carbocycles. The van der Waals surface area contributed by atoms with Crippen molar-refractivity contribution >= 4 is 0 Å². The summed E-state index contributed by atoms with van der Waals surface area (Å²) in [6.45, 7) is -1.35. The van der Waals surface area contributed by atoms with Crippen molar-refractivity contribution in [1.29, 1.82) is 0 Å². The number of hydrogen-bond acceptors (Lipinski definition) is 11. The lowest BCUT2D eigenvalue weighted by molar-refractivity contribution is -0.355. The van der Waals surface area contributed by atoms with Crippen molar-refractivity contribution in [2.75, 3.05) is 13.2 Å². The highest BCUT2D eigenvalue weighted by Gasteiger charge is 2.50. The van der Waals surface area contributed by atoms with Crippen LogP contribution in [0.15, 0.2) is 0 Å². The zero-order chi connectivity index (χ0) is 17.3. The average molecular weight is 342 g/mol. The van der Waals surface area contributed by atoms with Gasteiger partial charge in [0, 0.05) is 0 Å². The Morgan fingerprint density at radius 1 is 0.652 bits per heavy atom. The molecule has 1 unspecified atom stereocenters. The van der Waals surface area contributed by atoms with Gasteiger partial charge in [-0.05, 0) is 0 Å². The molecule has 0 bridgehead atoms. The number of hydrogen-bond donors (Lipinski definition) is 8. The minimum absolute atomic E-state index is 0.667. The summed E-state index contributed by atoms with van der Waals surface area (Å²) in [7, 11) is 0. The van der Waals surface area contributed by atoms with Crippen LogP contribution in [0.1, 0.15) is 0 Å². The molecule has 2 heterocycles. The zero-order valence-electron chi connectivity index (χ0n) is 12.0. The van der Waals surface area contributed by atoms with Gasteiger partial charge in [-0.25, -0.2) is 0 Å². The van der Waals surface area contributed by atoms with E-state index in [2.05, 4.69) is 0 Å². The van der Waals surface area contributed by atoms with Crippen molar-refractivity contribution in [2.24, 2.45) is 0 Å². The molecule has 0 radical (unpaired) electrons. The Morgan fingerprint density at radius 2 is 1.26 bits per heavy atom. The Labute approximate surface area is 130 Å². The van der Waals surface area contributed by atoms with E-state index in [0.29, 0.717) is 0 Å². The molecule has 0 spiro atoms. The monoisotopic (exact) mass is 342 g/mol. The molecule has 23 heavy (non-hydrogen) atoms. The Morgan fingerprint density at radius 3 is 1.83 bits per heavy atom. The summed E-state index contributed by atoms with van der Waals surface area (Å²) in [5.41, 5.74) is 0. The van der Waals surface area contributed by atoms with Gasteiger partial charge in [-0.15, -0.1) is 0 Å². The van der Waals surface area contributed by atoms with Gasteiger partial charge in [0.05, 0.1) is 13.2 Å². The molecule has 0 saturated carbocycles. The van der Waals surface area contributed by atoms with Gasteiger partial charge in [0.2, 0.25) is 0 Å². The highest BCUT2D eigenvalue weighted by molar-refractivity contribution is 4.93. The van der Waals surface area contributed by atoms with Crippen LogP contribution in [0, 0.1) is 0 Å². The molecule has 2 fully saturated rings. The van der Waals surface area contributed by atoms with Crippen molar-refractivity contribution in [3.8, 4) is 0 Å². The first kappa shape index (κ1) is 18.9. The summed E-state index contributed by atoms with van der Waals surface area (Å²) in [5, 5.41) is 76.5. The lowest BCUT2D eigenvalue weighted by Gasteiger charge is -2.45. The molecule has 0 aromatic rings. The fourth-order valence-corrected chi connectivity index (χ4v) is 2.57. The van der Waals surface area contributed by atoms with Gasteiger partial charge in [-0.2, -0.15) is 0 Å². The number of rotatable bonds is 4. The molecule has 11 heteroatoms. The fraction of sp³-hybridized carbons (Fsp3) is 1.00. The van der Waals surface area contributed by atoms with E-state index < -0.39 is 74.6 Å². The number of aliphatic hydroxyl groups excluding tert-OH is 8. The van der Waals surface area contributed by atoms with Crippen LogP contribution in [0.3, 0.4) is 0 Å². The molecule has 0 aromatic heterocycles. The predicted octanol–water partition coefficient (Wildman–Crippen LogP) is -5.40. The van der Waals surface area contributed by atoms with Gasteiger partial charge in [0.15, 0.2) is 12.6 Å². The maximum absolute atomic E-state index is 9.94. The molecule has 136 valence electrons. The van der Waals surface area contributed by atoms with E-state index in [4.69, 9.17) is 19.3 Å². The lowest BCUT2D eigenvalue weighted by Crippen LogP contribution is -2.64. The van der Waals surface area contributed by atoms with Crippen molar-refractivity contribution < 1.29 is 55.1 Å². The van der Waals surface area contributed by atoms with Crippen LogP contribution in [0.2, 0.25) is 0 Å². The van der Waals surface area contributed by atoms with E-state index in [0.717, 1.165) is 0 Å². The summed E-state index contributed by atoms with van der Waals surface area (Å²) in [5.74, 6) is 0. The van der Waals surface area contributed by atoms with Gasteiger partial charge in [0.1, 0.15) is 48.8 Å². The van der Waals surface area contributed by atoms with Crippen LogP contribution in [0.5, 0.6) is 0 Å². The Balaban J connectivity index is 2.11. The van der Waals surface area contributed by atoms with E-state index >= 15 is 0 Å². The second kappa shape index (κ2) is 7.63. The molecule has 2 saturated heterocycles. The van der Waals surface area contributed by atoms with Crippen LogP contribution in [0.25, 0.3) is 0 Å². The second-order valence-corrected chi connectivity index (χ2v) is 5.53. The van der Waals surface area contributed by atoms with E-state index in [9.17, 15) is 35.7 Å². The van der Waals surface area contributed by atoms with E-state index in [1.54, 1.807) is 0 Å². The molecular weight excluding hydrogens is 320 g/mol. The molecule has 0 aliphatic carbocycles. The number of aliphatic hydroxyl groups is 8. The van der Waals surface area contributed by atoms with Crippen LogP contribution < -0.4 is 0 Å². The third-order valence-corrected chi connectivity index (χ3v) is 3.98. The van der Waals surface area contributed by atoms with Gasteiger partial charge in [0.25, 0.3) is 0 Å². The van der Waals surface area contributed by atoms with E-state index in [-0.39, 0.29) is 0 Å². The van der Waals surface area contributed by atoms with Crippen LogP contribution >= 0.6 is 0 Å². The van der Waals surface area contributed by atoms with Gasteiger partial charge in [-0.1, -0.05) is 0 Å². The summed E-state index contributed by atoms with van der Waals surface area (Å²) in [6.07, 6.45) is -15.6. The standard InChI is InChI=1S/C12H22O11/c13-1-3-5(15)6(16)9(19)12(22-3)23-10-4(2-14)21-11(20)8(18)7(10)17/h3-20H,1-2H2/t3-,4-,5-,6+,7-,8-,9-,10-,11-,12?/m1/s1. The summed E-state index contributed by atoms with van der Waals surface area (Å²) in [6, 6.07) is 0. The van der Waals surface area contributed by atoms with Gasteiger partial charge in [-0.3, -0.25) is 0 Å². The number of ether oxygens (including phenoxy) is 3. The minimum Gasteiger partial charge on any atom is -0.394 e. The Kier molecular flexibility index (Phi) is 6.27. The van der Waals surface area contributed by atoms with Crippen LogP contribution in [-0.2, 0) is 14.2 Å². The lowest BCUT2D eigenvalue weighted by atomic mass is 9.97. The smallest absolute Gasteiger partial charge is 0.187 e. The molecule has 2 aliphatic rings. The average Bonchev–Trinajstić information content (AvgIpc) is 2.55. The molecule has 10 atom stereocenters. The van der Waals surface area contributed by atoms with E-state index in [1.165, 1.54) is 0 Å². The quantitative estimate of drug-likeness (QED) is 0.243. The SMILES string of the molecule is OC[C@H]1OC(O[C@H]2[C@H](O)[C@@H](O)[C@H](O)O[C@@H]2CO)[C@H](O)[C@@H](O)[C@@H]1O. The maximum Gasteiger partial charge on any atom is 0.187 e. The molecule has 2 rings (SSSR count). The summed E-state index contributed by atoms with van der Waals surface area (Å²) >= 11 is 0. The third kappa shape index (κ3) is 3.65. The third-order valence-electron chi connectivity index (χ3n) is 3.98. The zero-order valence-corrected chi connectivity index (χ0v) is 12.0. The first-order valence-corrected chi connectivity index (χ1v) is 7.08. The largest absolute Gasteiger partial charge is 0.394 e.